The van der Waals surface area contributed by atoms with Crippen LogP contribution in [0.4, 0.5) is 0 Å². The van der Waals surface area contributed by atoms with Gasteiger partial charge in [-0.25, -0.2) is 4.58 Å². The molecule has 0 aromatic carbocycles. The minimum Gasteiger partial charge on any atom is -0.280 e. The maximum atomic E-state index is 2.28. The van der Waals surface area contributed by atoms with Gasteiger partial charge in [-0.2, -0.15) is 0 Å². The molecule has 0 fully saturated rings. The van der Waals surface area contributed by atoms with E-state index in [1.807, 2.05) is 0 Å². The molecule has 0 heterocycles. The molecule has 2 nitrogen and oxygen atoms in total. The Balaban J connectivity index is 5.69. The van der Waals surface area contributed by atoms with Crippen LogP contribution in [0.2, 0.25) is 0 Å². The van der Waals surface area contributed by atoms with Crippen LogP contribution in [0.5, 0.6) is 0 Å². The molecule has 0 aliphatic carbocycles. The van der Waals surface area contributed by atoms with E-state index in [4.69, 9.17) is 0 Å². The van der Waals surface area contributed by atoms with E-state index in [1.165, 1.54) is 19.1 Å². The summed E-state index contributed by atoms with van der Waals surface area (Å²) in [5.41, 5.74) is 3.32. The van der Waals surface area contributed by atoms with Crippen molar-refractivity contribution in [1.29, 1.82) is 0 Å². The first-order chi connectivity index (χ1) is 7.37. The molecule has 0 spiro atoms. The monoisotopic (exact) mass is 257 g/mol. The van der Waals surface area contributed by atoms with E-state index in [0.717, 1.165) is 0 Å². The van der Waals surface area contributed by atoms with Crippen LogP contribution in [-0.4, -0.2) is 48.5 Å². The number of hydrogen-bond acceptors (Lipinski definition) is 0. The summed E-state index contributed by atoms with van der Waals surface area (Å²) in [6.45, 7) is 13.7. The van der Waals surface area contributed by atoms with E-state index in [2.05, 4.69) is 79.2 Å². The number of nitrogens with zero attached hydrogens (tertiary/aromatic N) is 2. The minimum absolute atomic E-state index is 0.206. The van der Waals surface area contributed by atoms with Gasteiger partial charge >= 0.3 is 0 Å². The zero-order chi connectivity index (χ0) is 14.0. The van der Waals surface area contributed by atoms with E-state index in [0.29, 0.717) is 0 Å². The Kier molecular flexibility index (Phi) is 5.56. The zero-order valence-electron chi connectivity index (χ0n) is 13.3. The molecular weight excluding hydrogens is 227 g/mol. The van der Waals surface area contributed by atoms with Crippen LogP contribution < -0.4 is 0 Å². The maximum Gasteiger partial charge on any atom is 0.207 e. The third kappa shape index (κ3) is 5.31. The van der Waals surface area contributed by atoms with Crippen LogP contribution in [-0.2, 0) is 0 Å². The Morgan fingerprint density at radius 1 is 0.882 bits per heavy atom. The van der Waals surface area contributed by atoms with E-state index < -0.39 is 0 Å². The zero-order valence-corrected chi connectivity index (χ0v) is 14.2. The van der Waals surface area contributed by atoms with Gasteiger partial charge in [0.2, 0.25) is 5.45 Å². The fraction of sp³-hybridized carbons (Fsp3) is 0.857. The highest BCUT2D eigenvalue weighted by Crippen LogP contribution is 2.30. The van der Waals surface area contributed by atoms with Crippen molar-refractivity contribution in [3.05, 3.63) is 0 Å². The van der Waals surface area contributed by atoms with Crippen LogP contribution in [0.1, 0.15) is 41.5 Å². The molecule has 0 amide bonds. The van der Waals surface area contributed by atoms with E-state index >= 15 is 0 Å². The largest absolute Gasteiger partial charge is 0.280 e. The Bertz CT molecular complexity index is 321. The lowest BCUT2D eigenvalue weighted by molar-refractivity contribution is -0.465. The molecule has 0 saturated heterocycles. The molecule has 0 N–H and O–H groups in total. The molecule has 0 radical (unpaired) electrons. The van der Waals surface area contributed by atoms with Gasteiger partial charge in [-0.15, -0.1) is 0 Å². The minimum atomic E-state index is 0.206. The smallest absolute Gasteiger partial charge is 0.207 e. The molecule has 0 aromatic rings. The molecular formula is C14H30N2P+. The molecule has 0 unspecified atom stereocenters. The highest BCUT2D eigenvalue weighted by Gasteiger charge is 2.29. The van der Waals surface area contributed by atoms with E-state index in [9.17, 15) is 0 Å². The fourth-order valence-electron chi connectivity index (χ4n) is 1.98. The van der Waals surface area contributed by atoms with Gasteiger partial charge in [-0.05, 0) is 34.9 Å². The lowest BCUT2D eigenvalue weighted by atomic mass is 9.96. The van der Waals surface area contributed by atoms with E-state index in [1.54, 1.807) is 0 Å². The van der Waals surface area contributed by atoms with Crippen molar-refractivity contribution in [3.8, 4) is 0 Å². The van der Waals surface area contributed by atoms with Gasteiger partial charge in [0, 0.05) is 19.0 Å². The van der Waals surface area contributed by atoms with Crippen molar-refractivity contribution in [2.45, 2.75) is 41.5 Å². The number of hydrogen-bond donors (Lipinski definition) is 0. The lowest BCUT2D eigenvalue weighted by Gasteiger charge is -2.28. The summed E-state index contributed by atoms with van der Waals surface area (Å²) >= 11 is 0. The second-order valence-electron chi connectivity index (χ2n) is 7.05. The second kappa shape index (κ2) is 5.63. The maximum absolute atomic E-state index is 2.28. The van der Waals surface area contributed by atoms with Crippen LogP contribution >= 0.6 is 8.20 Å². The average Bonchev–Trinajstić information content (AvgIpc) is 1.96. The SMILES string of the molecule is CN(C)C(=PC(=[N+](C)C)C(C)(C)C)C(C)(C)C. The first kappa shape index (κ1) is 16.8. The van der Waals surface area contributed by atoms with Gasteiger partial charge in [0.1, 0.15) is 14.1 Å². The molecule has 100 valence electrons. The molecule has 0 aromatic heterocycles. The van der Waals surface area contributed by atoms with Crippen molar-refractivity contribution in [2.75, 3.05) is 28.2 Å². The third-order valence-corrected chi connectivity index (χ3v) is 4.97. The van der Waals surface area contributed by atoms with Crippen molar-refractivity contribution >= 4 is 19.1 Å². The summed E-state index contributed by atoms with van der Waals surface area (Å²) in [6, 6.07) is 0. The molecule has 0 aliphatic heterocycles. The predicted molar refractivity (Wildman–Crippen MR) is 81.6 cm³/mol. The van der Waals surface area contributed by atoms with Crippen molar-refractivity contribution in [1.82, 2.24) is 4.90 Å². The Labute approximate surface area is 110 Å². The Morgan fingerprint density at radius 3 is 1.47 bits per heavy atom. The fourth-order valence-corrected chi connectivity index (χ4v) is 3.25. The summed E-state index contributed by atoms with van der Waals surface area (Å²) in [5, 5.41) is 0. The summed E-state index contributed by atoms with van der Waals surface area (Å²) in [4.78, 5) is 2.26. The molecule has 0 aliphatic rings. The quantitative estimate of drug-likeness (QED) is 0.417. The third-order valence-electron chi connectivity index (χ3n) is 2.40. The van der Waals surface area contributed by atoms with Crippen LogP contribution in [0, 0.1) is 10.8 Å². The van der Waals surface area contributed by atoms with Crippen LogP contribution in [0.25, 0.3) is 0 Å². The average molecular weight is 257 g/mol. The molecule has 3 heteroatoms. The Morgan fingerprint density at radius 2 is 1.29 bits per heavy atom. The lowest BCUT2D eigenvalue weighted by Crippen LogP contribution is -2.34. The summed E-state index contributed by atoms with van der Waals surface area (Å²) in [7, 11) is 9.90. The van der Waals surface area contributed by atoms with Gasteiger partial charge in [0.15, 0.2) is 0 Å². The standard InChI is InChI=1S/C14H30N2P/c1-13(2,3)11(15(7)8)17-12(16(9)10)14(4,5)6/h1-10H3/q+1. The van der Waals surface area contributed by atoms with Crippen molar-refractivity contribution in [3.63, 3.8) is 0 Å². The highest BCUT2D eigenvalue weighted by molar-refractivity contribution is 7.59. The van der Waals surface area contributed by atoms with Gasteiger partial charge in [0.05, 0.1) is 5.41 Å². The molecule has 0 saturated carbocycles. The summed E-state index contributed by atoms with van der Waals surface area (Å²) in [5.74, 6) is 0. The summed E-state index contributed by atoms with van der Waals surface area (Å²) < 4.78 is 2.26. The first-order valence-corrected chi connectivity index (χ1v) is 7.08. The van der Waals surface area contributed by atoms with E-state index in [-0.39, 0.29) is 10.8 Å². The molecule has 0 rings (SSSR count). The van der Waals surface area contributed by atoms with Gasteiger partial charge in [-0.3, -0.25) is 4.90 Å². The van der Waals surface area contributed by atoms with Crippen LogP contribution in [0.3, 0.4) is 0 Å². The first-order valence-electron chi connectivity index (χ1n) is 6.18. The second-order valence-corrected chi connectivity index (χ2v) is 8.12. The normalized spacial score (nSPS) is 14.2. The van der Waals surface area contributed by atoms with Gasteiger partial charge < -0.3 is 0 Å². The van der Waals surface area contributed by atoms with Crippen molar-refractivity contribution < 1.29 is 4.58 Å². The molecule has 0 atom stereocenters. The Hall–Kier alpha value is -0.200. The van der Waals surface area contributed by atoms with Gasteiger partial charge in [-0.1, -0.05) is 20.8 Å². The molecule has 0 bridgehead atoms. The number of rotatable bonds is 2. The molecule has 17 heavy (non-hydrogen) atoms. The van der Waals surface area contributed by atoms with Crippen LogP contribution in [0.15, 0.2) is 0 Å². The van der Waals surface area contributed by atoms with Gasteiger partial charge in [0.25, 0.3) is 0 Å². The topological polar surface area (TPSA) is 6.25 Å². The predicted octanol–water partition coefficient (Wildman–Crippen LogP) is 3.39. The van der Waals surface area contributed by atoms with Crippen molar-refractivity contribution in [2.24, 2.45) is 10.8 Å². The highest BCUT2D eigenvalue weighted by atomic mass is 31.1. The summed E-state index contributed by atoms with van der Waals surface area (Å²) in [6.07, 6.45) is 0.